The van der Waals surface area contributed by atoms with Gasteiger partial charge in [0, 0.05) is 18.6 Å². The van der Waals surface area contributed by atoms with Crippen LogP contribution in [0.25, 0.3) is 10.9 Å². The minimum Gasteiger partial charge on any atom is -0.322 e. The van der Waals surface area contributed by atoms with E-state index in [0.717, 1.165) is 0 Å². The summed E-state index contributed by atoms with van der Waals surface area (Å²) in [6.45, 7) is 0. The summed E-state index contributed by atoms with van der Waals surface area (Å²) >= 11 is 0. The van der Waals surface area contributed by atoms with E-state index in [2.05, 4.69) is 10.1 Å². The van der Waals surface area contributed by atoms with Gasteiger partial charge in [-0.15, -0.1) is 0 Å². The normalized spacial score (nSPS) is 13.5. The van der Waals surface area contributed by atoms with E-state index < -0.39 is 17.8 Å². The number of pyridine rings is 1. The fourth-order valence-corrected chi connectivity index (χ4v) is 2.65. The van der Waals surface area contributed by atoms with Crippen molar-refractivity contribution in [1.29, 1.82) is 0 Å². The summed E-state index contributed by atoms with van der Waals surface area (Å²) in [5.74, 6) is -2.26. The zero-order valence-corrected chi connectivity index (χ0v) is 12.5. The molecule has 8 heteroatoms. The van der Waals surface area contributed by atoms with Crippen molar-refractivity contribution in [2.45, 2.75) is 0 Å². The molecule has 0 unspecified atom stereocenters. The number of aromatic nitrogens is 3. The molecule has 0 saturated heterocycles. The van der Waals surface area contributed by atoms with E-state index >= 15 is 0 Å². The molecule has 1 aliphatic rings. The molecule has 3 heterocycles. The molecule has 8 nitrogen and oxygen atoms in total. The predicted molar refractivity (Wildman–Crippen MR) is 80.9 cm³/mol. The summed E-state index contributed by atoms with van der Waals surface area (Å²) in [6.07, 6.45) is 3.01. The first-order chi connectivity index (χ1) is 11.6. The van der Waals surface area contributed by atoms with Gasteiger partial charge in [-0.05, 0) is 18.2 Å². The number of fused-ring (bicyclic) bond motifs is 2. The molecule has 24 heavy (non-hydrogen) atoms. The Morgan fingerprint density at radius 3 is 2.42 bits per heavy atom. The lowest BCUT2D eigenvalue weighted by Crippen LogP contribution is -2.33. The van der Waals surface area contributed by atoms with Gasteiger partial charge in [-0.3, -0.25) is 14.3 Å². The van der Waals surface area contributed by atoms with E-state index in [0.29, 0.717) is 16.0 Å². The van der Waals surface area contributed by atoms with Gasteiger partial charge in [0.05, 0.1) is 17.3 Å². The molecule has 0 spiro atoms. The van der Waals surface area contributed by atoms with Gasteiger partial charge >= 0.3 is 5.97 Å². The lowest BCUT2D eigenvalue weighted by Gasteiger charge is -2.12. The van der Waals surface area contributed by atoms with Crippen molar-refractivity contribution in [3.8, 4) is 0 Å². The molecule has 0 bridgehead atoms. The number of carbonyl (C=O) groups is 3. The number of imide groups is 1. The van der Waals surface area contributed by atoms with Crippen LogP contribution in [-0.4, -0.2) is 37.6 Å². The number of hydroxylamine groups is 2. The topological polar surface area (TPSA) is 94.4 Å². The molecule has 0 atom stereocenters. The van der Waals surface area contributed by atoms with Crippen LogP contribution < -0.4 is 0 Å². The number of nitrogens with zero attached hydrogens (tertiary/aromatic N) is 4. The lowest BCUT2D eigenvalue weighted by molar-refractivity contribution is -0.0587. The van der Waals surface area contributed by atoms with E-state index in [1.54, 1.807) is 31.4 Å². The SMILES string of the molecule is Cn1ncc2ccnc(C(=O)ON3C(=O)c4ccccc4C3=O)c21. The predicted octanol–water partition coefficient (Wildman–Crippen LogP) is 1.34. The van der Waals surface area contributed by atoms with Gasteiger partial charge < -0.3 is 4.84 Å². The summed E-state index contributed by atoms with van der Waals surface area (Å²) in [5.41, 5.74) is 0.826. The van der Waals surface area contributed by atoms with Crippen LogP contribution in [0.3, 0.4) is 0 Å². The maximum absolute atomic E-state index is 12.4. The maximum Gasteiger partial charge on any atom is 0.384 e. The summed E-state index contributed by atoms with van der Waals surface area (Å²) < 4.78 is 1.47. The summed E-state index contributed by atoms with van der Waals surface area (Å²) in [4.78, 5) is 45.9. The standard InChI is InChI=1S/C16H10N4O4/c1-19-13-9(8-18-19)6-7-17-12(13)16(23)24-20-14(21)10-4-2-3-5-11(10)15(20)22/h2-8H,1H3. The molecule has 0 aliphatic carbocycles. The van der Waals surface area contributed by atoms with Gasteiger partial charge in [0.2, 0.25) is 0 Å². The van der Waals surface area contributed by atoms with Gasteiger partial charge in [0.1, 0.15) is 5.52 Å². The van der Waals surface area contributed by atoms with Crippen LogP contribution >= 0.6 is 0 Å². The van der Waals surface area contributed by atoms with Crippen LogP contribution in [0.5, 0.6) is 0 Å². The van der Waals surface area contributed by atoms with Gasteiger partial charge in [-0.25, -0.2) is 9.78 Å². The minimum absolute atomic E-state index is 0.0240. The first kappa shape index (κ1) is 14.1. The van der Waals surface area contributed by atoms with Crippen LogP contribution in [0.15, 0.2) is 42.7 Å². The van der Waals surface area contributed by atoms with Gasteiger partial charge in [0.15, 0.2) is 5.69 Å². The van der Waals surface area contributed by atoms with Crippen LogP contribution in [0.1, 0.15) is 31.2 Å². The van der Waals surface area contributed by atoms with E-state index in [4.69, 9.17) is 4.84 Å². The molecule has 0 fully saturated rings. The molecule has 118 valence electrons. The summed E-state index contributed by atoms with van der Waals surface area (Å²) in [5, 5.41) is 5.21. The second-order valence-corrected chi connectivity index (χ2v) is 5.19. The largest absolute Gasteiger partial charge is 0.384 e. The Kier molecular flexibility index (Phi) is 2.92. The van der Waals surface area contributed by atoms with E-state index in [9.17, 15) is 14.4 Å². The summed E-state index contributed by atoms with van der Waals surface area (Å²) in [6, 6.07) is 7.97. The van der Waals surface area contributed by atoms with E-state index in [1.807, 2.05) is 0 Å². The average molecular weight is 322 g/mol. The van der Waals surface area contributed by atoms with E-state index in [-0.39, 0.29) is 16.8 Å². The molecule has 0 radical (unpaired) electrons. The fraction of sp³-hybridized carbons (Fsp3) is 0.0625. The molecule has 3 aromatic rings. The average Bonchev–Trinajstić information content (AvgIpc) is 3.09. The number of hydrogen-bond donors (Lipinski definition) is 0. The number of hydrogen-bond acceptors (Lipinski definition) is 6. The highest BCUT2D eigenvalue weighted by Gasteiger charge is 2.39. The van der Waals surface area contributed by atoms with Crippen molar-refractivity contribution in [2.24, 2.45) is 7.05 Å². The number of aryl methyl sites for hydroxylation is 1. The van der Waals surface area contributed by atoms with Gasteiger partial charge in [0.25, 0.3) is 11.8 Å². The third-order valence-electron chi connectivity index (χ3n) is 3.77. The minimum atomic E-state index is -0.904. The highest BCUT2D eigenvalue weighted by atomic mass is 16.7. The summed E-state index contributed by atoms with van der Waals surface area (Å²) in [7, 11) is 1.66. The first-order valence-electron chi connectivity index (χ1n) is 7.05. The quantitative estimate of drug-likeness (QED) is 0.661. The van der Waals surface area contributed by atoms with Crippen LogP contribution in [0, 0.1) is 0 Å². The Morgan fingerprint density at radius 1 is 1.08 bits per heavy atom. The van der Waals surface area contributed by atoms with Crippen molar-refractivity contribution in [1.82, 2.24) is 19.8 Å². The highest BCUT2D eigenvalue weighted by molar-refractivity contribution is 6.21. The maximum atomic E-state index is 12.4. The molecule has 4 rings (SSSR count). The third-order valence-corrected chi connectivity index (χ3v) is 3.77. The lowest BCUT2D eigenvalue weighted by atomic mass is 10.1. The molecule has 2 amide bonds. The molecule has 1 aliphatic heterocycles. The van der Waals surface area contributed by atoms with Crippen molar-refractivity contribution in [3.63, 3.8) is 0 Å². The Hall–Kier alpha value is -3.55. The van der Waals surface area contributed by atoms with Crippen LogP contribution in [0.4, 0.5) is 0 Å². The second-order valence-electron chi connectivity index (χ2n) is 5.19. The zero-order valence-electron chi connectivity index (χ0n) is 12.5. The van der Waals surface area contributed by atoms with Crippen molar-refractivity contribution in [3.05, 3.63) is 59.5 Å². The number of amides is 2. The Labute approximate surface area is 135 Å². The number of rotatable bonds is 2. The Bertz CT molecular complexity index is 989. The van der Waals surface area contributed by atoms with Crippen molar-refractivity contribution >= 4 is 28.7 Å². The highest BCUT2D eigenvalue weighted by Crippen LogP contribution is 2.24. The zero-order chi connectivity index (χ0) is 16.8. The molecule has 2 aromatic heterocycles. The van der Waals surface area contributed by atoms with Crippen molar-refractivity contribution in [2.75, 3.05) is 0 Å². The Morgan fingerprint density at radius 2 is 1.75 bits per heavy atom. The number of carbonyl (C=O) groups excluding carboxylic acids is 3. The molecule has 0 N–H and O–H groups in total. The molecule has 0 saturated carbocycles. The van der Waals surface area contributed by atoms with Crippen LogP contribution in [-0.2, 0) is 11.9 Å². The molecular weight excluding hydrogens is 312 g/mol. The van der Waals surface area contributed by atoms with Gasteiger partial charge in [-0.1, -0.05) is 17.2 Å². The van der Waals surface area contributed by atoms with Crippen molar-refractivity contribution < 1.29 is 19.2 Å². The monoisotopic (exact) mass is 322 g/mol. The number of benzene rings is 1. The first-order valence-corrected chi connectivity index (χ1v) is 7.05. The third kappa shape index (κ3) is 1.89. The molecule has 1 aromatic carbocycles. The smallest absolute Gasteiger partial charge is 0.322 e. The van der Waals surface area contributed by atoms with Gasteiger partial charge in [-0.2, -0.15) is 5.10 Å². The van der Waals surface area contributed by atoms with Crippen LogP contribution in [0.2, 0.25) is 0 Å². The molecular formula is C16H10N4O4. The van der Waals surface area contributed by atoms with E-state index in [1.165, 1.54) is 23.0 Å². The second kappa shape index (κ2) is 4.98. The Balaban J connectivity index is 1.69. The fourth-order valence-electron chi connectivity index (χ4n) is 2.65.